The van der Waals surface area contributed by atoms with Crippen molar-refractivity contribution in [3.8, 4) is 11.8 Å². The first-order valence-corrected chi connectivity index (χ1v) is 6.01. The molecule has 0 fully saturated rings. The predicted molar refractivity (Wildman–Crippen MR) is 74.4 cm³/mol. The molecule has 2 rings (SSSR count). The molecule has 0 bridgehead atoms. The second-order valence-electron chi connectivity index (χ2n) is 5.18. The molecule has 0 aliphatic carbocycles. The Balaban J connectivity index is 2.87. The molecule has 0 saturated carbocycles. The molecule has 20 heavy (non-hydrogen) atoms. The van der Waals surface area contributed by atoms with E-state index in [2.05, 4.69) is 16.8 Å². The Labute approximate surface area is 115 Å². The van der Waals surface area contributed by atoms with Gasteiger partial charge in [0, 0.05) is 21.1 Å². The molecule has 7 heteroatoms. The van der Waals surface area contributed by atoms with Crippen molar-refractivity contribution in [1.29, 1.82) is 0 Å². The van der Waals surface area contributed by atoms with Crippen molar-refractivity contribution in [2.75, 3.05) is 0 Å². The van der Waals surface area contributed by atoms with Gasteiger partial charge in [-0.25, -0.2) is 9.78 Å². The minimum absolute atomic E-state index is 0.278. The SMILES string of the molecule is Cn1c(=O)c2c(nc(C#CC(C)(C)O)n2C)n(C)c1=O. The van der Waals surface area contributed by atoms with Gasteiger partial charge >= 0.3 is 5.69 Å². The number of fused-ring (bicyclic) bond motifs is 1. The Morgan fingerprint density at radius 2 is 1.70 bits per heavy atom. The fourth-order valence-electron chi connectivity index (χ4n) is 1.84. The zero-order valence-corrected chi connectivity index (χ0v) is 12.1. The van der Waals surface area contributed by atoms with Gasteiger partial charge in [0.05, 0.1) is 0 Å². The van der Waals surface area contributed by atoms with Gasteiger partial charge in [-0.05, 0) is 19.8 Å². The van der Waals surface area contributed by atoms with Crippen molar-refractivity contribution in [2.24, 2.45) is 21.1 Å². The Morgan fingerprint density at radius 3 is 2.25 bits per heavy atom. The lowest BCUT2D eigenvalue weighted by Gasteiger charge is -2.05. The van der Waals surface area contributed by atoms with Crippen LogP contribution in [0.2, 0.25) is 0 Å². The molecule has 2 aromatic rings. The molecule has 0 aromatic carbocycles. The quantitative estimate of drug-likeness (QED) is 0.632. The molecular weight excluding hydrogens is 260 g/mol. The molecule has 0 radical (unpaired) electrons. The first-order valence-electron chi connectivity index (χ1n) is 6.01. The first kappa shape index (κ1) is 14.1. The number of aryl methyl sites for hydroxylation is 2. The highest BCUT2D eigenvalue weighted by Crippen LogP contribution is 2.08. The second-order valence-corrected chi connectivity index (χ2v) is 5.18. The van der Waals surface area contributed by atoms with Gasteiger partial charge in [-0.1, -0.05) is 5.92 Å². The summed E-state index contributed by atoms with van der Waals surface area (Å²) in [5, 5.41) is 9.61. The van der Waals surface area contributed by atoms with Crippen molar-refractivity contribution in [1.82, 2.24) is 18.7 Å². The summed E-state index contributed by atoms with van der Waals surface area (Å²) in [6.07, 6.45) is 0. The van der Waals surface area contributed by atoms with E-state index < -0.39 is 16.9 Å². The van der Waals surface area contributed by atoms with Crippen LogP contribution in [0.4, 0.5) is 0 Å². The molecule has 1 N–H and O–H groups in total. The van der Waals surface area contributed by atoms with Crippen molar-refractivity contribution in [3.05, 3.63) is 26.7 Å². The molecule has 2 aromatic heterocycles. The molecule has 106 valence electrons. The highest BCUT2D eigenvalue weighted by atomic mass is 16.3. The molecular formula is C13H16N4O3. The highest BCUT2D eigenvalue weighted by Gasteiger charge is 2.16. The summed E-state index contributed by atoms with van der Waals surface area (Å²) < 4.78 is 3.85. The number of nitrogens with zero attached hydrogens (tertiary/aromatic N) is 4. The molecule has 0 saturated heterocycles. The van der Waals surface area contributed by atoms with Crippen molar-refractivity contribution in [3.63, 3.8) is 0 Å². The van der Waals surface area contributed by atoms with Crippen molar-refractivity contribution >= 4 is 11.2 Å². The smallest absolute Gasteiger partial charge is 0.332 e. The van der Waals surface area contributed by atoms with Gasteiger partial charge in [-0.15, -0.1) is 0 Å². The highest BCUT2D eigenvalue weighted by molar-refractivity contribution is 5.71. The van der Waals surface area contributed by atoms with Crippen LogP contribution in [0.1, 0.15) is 19.7 Å². The lowest BCUT2D eigenvalue weighted by Crippen LogP contribution is -2.37. The molecule has 0 spiro atoms. The van der Waals surface area contributed by atoms with Gasteiger partial charge in [-0.3, -0.25) is 13.9 Å². The van der Waals surface area contributed by atoms with Crippen LogP contribution in [0.15, 0.2) is 9.59 Å². The summed E-state index contributed by atoms with van der Waals surface area (Å²) in [5.41, 5.74) is -1.44. The van der Waals surface area contributed by atoms with Gasteiger partial charge in [-0.2, -0.15) is 0 Å². The number of hydrogen-bond donors (Lipinski definition) is 1. The van der Waals surface area contributed by atoms with Crippen LogP contribution in [0, 0.1) is 11.8 Å². The molecule has 0 aliphatic heterocycles. The maximum Gasteiger partial charge on any atom is 0.332 e. The predicted octanol–water partition coefficient (Wildman–Crippen LogP) is -0.907. The molecule has 7 nitrogen and oxygen atoms in total. The number of aliphatic hydroxyl groups is 1. The van der Waals surface area contributed by atoms with Crippen LogP contribution < -0.4 is 11.2 Å². The fraction of sp³-hybridized carbons (Fsp3) is 0.462. The van der Waals surface area contributed by atoms with Gasteiger partial charge in [0.1, 0.15) is 5.60 Å². The van der Waals surface area contributed by atoms with E-state index in [1.165, 1.54) is 16.2 Å². The van der Waals surface area contributed by atoms with Crippen LogP contribution in [-0.2, 0) is 21.1 Å². The third kappa shape index (κ3) is 2.14. The lowest BCUT2D eigenvalue weighted by molar-refractivity contribution is 0.143. The molecule has 0 amide bonds. The van der Waals surface area contributed by atoms with E-state index in [9.17, 15) is 14.7 Å². The molecule has 0 unspecified atom stereocenters. The minimum atomic E-state index is -1.16. The zero-order valence-electron chi connectivity index (χ0n) is 12.1. The Kier molecular flexibility index (Phi) is 3.07. The first-order chi connectivity index (χ1) is 9.13. The van der Waals surface area contributed by atoms with E-state index in [0.717, 1.165) is 4.57 Å². The standard InChI is InChI=1S/C13H16N4O3/c1-13(2,20)7-6-8-14-10-9(15(8)3)11(18)17(5)12(19)16(10)4/h20H,1-5H3. The van der Waals surface area contributed by atoms with Crippen LogP contribution >= 0.6 is 0 Å². The third-order valence-electron chi connectivity index (χ3n) is 2.96. The summed E-state index contributed by atoms with van der Waals surface area (Å²) in [5.74, 6) is 5.68. The summed E-state index contributed by atoms with van der Waals surface area (Å²) >= 11 is 0. The Morgan fingerprint density at radius 1 is 1.10 bits per heavy atom. The van der Waals surface area contributed by atoms with E-state index >= 15 is 0 Å². The Hall–Kier alpha value is -2.33. The number of hydrogen-bond acceptors (Lipinski definition) is 4. The zero-order chi connectivity index (χ0) is 15.2. The number of rotatable bonds is 0. The average Bonchev–Trinajstić information content (AvgIpc) is 2.68. The van der Waals surface area contributed by atoms with Gasteiger partial charge in [0.15, 0.2) is 17.0 Å². The van der Waals surface area contributed by atoms with Gasteiger partial charge in [0.2, 0.25) is 0 Å². The van der Waals surface area contributed by atoms with Crippen LogP contribution in [0.25, 0.3) is 11.2 Å². The lowest BCUT2D eigenvalue weighted by atomic mass is 10.1. The maximum atomic E-state index is 12.1. The van der Waals surface area contributed by atoms with E-state index in [-0.39, 0.29) is 5.65 Å². The summed E-state index contributed by atoms with van der Waals surface area (Å²) in [4.78, 5) is 28.2. The van der Waals surface area contributed by atoms with Gasteiger partial charge < -0.3 is 9.67 Å². The number of imidazole rings is 1. The average molecular weight is 276 g/mol. The van der Waals surface area contributed by atoms with Crippen molar-refractivity contribution < 1.29 is 5.11 Å². The topological polar surface area (TPSA) is 82.1 Å². The summed E-state index contributed by atoms with van der Waals surface area (Å²) in [6, 6.07) is 0. The van der Waals surface area contributed by atoms with E-state index in [1.54, 1.807) is 27.9 Å². The summed E-state index contributed by atoms with van der Waals surface area (Å²) in [7, 11) is 4.61. The van der Waals surface area contributed by atoms with Crippen molar-refractivity contribution in [2.45, 2.75) is 19.4 Å². The fourth-order valence-corrected chi connectivity index (χ4v) is 1.84. The van der Waals surface area contributed by atoms with Gasteiger partial charge in [0.25, 0.3) is 5.56 Å². The maximum absolute atomic E-state index is 12.1. The Bertz CT molecular complexity index is 866. The largest absolute Gasteiger partial charge is 0.378 e. The molecule has 0 atom stereocenters. The summed E-state index contributed by atoms with van der Waals surface area (Å²) in [6.45, 7) is 3.11. The van der Waals surface area contributed by atoms with Crippen LogP contribution in [-0.4, -0.2) is 29.4 Å². The normalized spacial score (nSPS) is 11.5. The minimum Gasteiger partial charge on any atom is -0.378 e. The number of aromatic nitrogens is 4. The van der Waals surface area contributed by atoms with Crippen LogP contribution in [0.3, 0.4) is 0 Å². The second kappa shape index (κ2) is 4.35. The van der Waals surface area contributed by atoms with E-state index in [1.807, 2.05) is 0 Å². The third-order valence-corrected chi connectivity index (χ3v) is 2.96. The van der Waals surface area contributed by atoms with Crippen LogP contribution in [0.5, 0.6) is 0 Å². The van der Waals surface area contributed by atoms with E-state index in [0.29, 0.717) is 11.3 Å². The molecule has 0 aliphatic rings. The monoisotopic (exact) mass is 276 g/mol. The molecule has 2 heterocycles. The van der Waals surface area contributed by atoms with E-state index in [4.69, 9.17) is 0 Å².